The molecule has 0 fully saturated rings. The van der Waals surface area contributed by atoms with Crippen LogP contribution in [0.4, 0.5) is 0 Å². The maximum absolute atomic E-state index is 11.7. The van der Waals surface area contributed by atoms with Crippen LogP contribution in [0.15, 0.2) is 35.0 Å². The molecule has 1 amide bonds. The summed E-state index contributed by atoms with van der Waals surface area (Å²) in [7, 11) is 0. The molecule has 2 aromatic rings. The summed E-state index contributed by atoms with van der Waals surface area (Å²) >= 11 is 13.5. The molecule has 1 aromatic heterocycles. The molecular formula is C14H13Cl2NO2S. The summed E-state index contributed by atoms with van der Waals surface area (Å²) in [5.74, 6) is -0.148. The lowest BCUT2D eigenvalue weighted by molar-refractivity contribution is -0.120. The molecule has 1 atom stereocenters. The van der Waals surface area contributed by atoms with Gasteiger partial charge in [0, 0.05) is 22.2 Å². The van der Waals surface area contributed by atoms with Gasteiger partial charge in [0.05, 0.1) is 12.5 Å². The van der Waals surface area contributed by atoms with Crippen molar-refractivity contribution in [3.63, 3.8) is 0 Å². The first-order valence-corrected chi connectivity index (χ1v) is 7.67. The number of aliphatic hydroxyl groups is 1. The standard InChI is InChI=1S/C14H13Cl2NO2S/c15-10-2-1-3-11(16)14(10)12(18)7-17-13(19)6-9-4-5-20-8-9/h1-5,8,12,18H,6-7H2,(H,17,19)/t12-/m1/s1. The van der Waals surface area contributed by atoms with Gasteiger partial charge in [-0.1, -0.05) is 29.3 Å². The van der Waals surface area contributed by atoms with Crippen LogP contribution in [0.25, 0.3) is 0 Å². The third kappa shape index (κ3) is 3.96. The van der Waals surface area contributed by atoms with E-state index in [9.17, 15) is 9.90 Å². The van der Waals surface area contributed by atoms with Gasteiger partial charge in [0.25, 0.3) is 0 Å². The van der Waals surface area contributed by atoms with E-state index in [4.69, 9.17) is 23.2 Å². The Morgan fingerprint density at radius 3 is 2.60 bits per heavy atom. The Morgan fingerprint density at radius 1 is 1.30 bits per heavy atom. The second kappa shape index (κ2) is 7.09. The zero-order chi connectivity index (χ0) is 14.5. The predicted molar refractivity (Wildman–Crippen MR) is 82.5 cm³/mol. The molecular weight excluding hydrogens is 317 g/mol. The van der Waals surface area contributed by atoms with Gasteiger partial charge in [0.1, 0.15) is 0 Å². The van der Waals surface area contributed by atoms with Gasteiger partial charge in [-0.2, -0.15) is 11.3 Å². The van der Waals surface area contributed by atoms with Gasteiger partial charge >= 0.3 is 0 Å². The summed E-state index contributed by atoms with van der Waals surface area (Å²) < 4.78 is 0. The molecule has 2 N–H and O–H groups in total. The minimum atomic E-state index is -0.928. The van der Waals surface area contributed by atoms with Gasteiger partial charge < -0.3 is 10.4 Å². The highest BCUT2D eigenvalue weighted by Gasteiger charge is 2.16. The molecule has 2 rings (SSSR count). The normalized spacial score (nSPS) is 12.2. The Bertz CT molecular complexity index is 567. The average molecular weight is 330 g/mol. The lowest BCUT2D eigenvalue weighted by Crippen LogP contribution is -2.29. The van der Waals surface area contributed by atoms with Crippen molar-refractivity contribution in [1.29, 1.82) is 0 Å². The second-order valence-electron chi connectivity index (χ2n) is 4.26. The number of halogens is 2. The summed E-state index contributed by atoms with van der Waals surface area (Å²) in [6, 6.07) is 6.90. The van der Waals surface area contributed by atoms with Gasteiger partial charge in [-0.15, -0.1) is 0 Å². The van der Waals surface area contributed by atoms with Crippen molar-refractivity contribution in [2.45, 2.75) is 12.5 Å². The summed E-state index contributed by atoms with van der Waals surface area (Å²) in [6.07, 6.45) is -0.630. The minimum Gasteiger partial charge on any atom is -0.386 e. The Labute approximate surface area is 131 Å². The molecule has 0 radical (unpaired) electrons. The zero-order valence-corrected chi connectivity index (χ0v) is 12.8. The molecule has 0 aliphatic heterocycles. The van der Waals surface area contributed by atoms with Crippen molar-refractivity contribution in [3.05, 3.63) is 56.2 Å². The lowest BCUT2D eigenvalue weighted by Gasteiger charge is -2.15. The van der Waals surface area contributed by atoms with Gasteiger partial charge in [-0.3, -0.25) is 4.79 Å². The fourth-order valence-electron chi connectivity index (χ4n) is 1.78. The van der Waals surface area contributed by atoms with Crippen LogP contribution in [-0.4, -0.2) is 17.6 Å². The van der Waals surface area contributed by atoms with Crippen LogP contribution in [0.3, 0.4) is 0 Å². The number of aliphatic hydroxyl groups excluding tert-OH is 1. The average Bonchev–Trinajstić information content (AvgIpc) is 2.89. The second-order valence-corrected chi connectivity index (χ2v) is 5.86. The quantitative estimate of drug-likeness (QED) is 0.882. The number of thiophene rings is 1. The van der Waals surface area contributed by atoms with E-state index in [1.54, 1.807) is 29.5 Å². The Morgan fingerprint density at radius 2 is 2.00 bits per heavy atom. The van der Waals surface area contributed by atoms with E-state index in [0.717, 1.165) is 5.56 Å². The molecule has 0 bridgehead atoms. The first-order valence-electron chi connectivity index (χ1n) is 5.97. The van der Waals surface area contributed by atoms with Crippen LogP contribution < -0.4 is 5.32 Å². The van der Waals surface area contributed by atoms with Gasteiger partial charge in [0.15, 0.2) is 0 Å². The molecule has 1 heterocycles. The highest BCUT2D eigenvalue weighted by molar-refractivity contribution is 7.08. The first kappa shape index (κ1) is 15.3. The van der Waals surface area contributed by atoms with Crippen LogP contribution in [0.2, 0.25) is 10.0 Å². The first-order chi connectivity index (χ1) is 9.58. The van der Waals surface area contributed by atoms with E-state index in [0.29, 0.717) is 22.0 Å². The van der Waals surface area contributed by atoms with Crippen molar-refractivity contribution >= 4 is 40.4 Å². The molecule has 0 aliphatic carbocycles. The topological polar surface area (TPSA) is 49.3 Å². The molecule has 0 aliphatic rings. The lowest BCUT2D eigenvalue weighted by atomic mass is 10.1. The highest BCUT2D eigenvalue weighted by atomic mass is 35.5. The molecule has 6 heteroatoms. The monoisotopic (exact) mass is 329 g/mol. The third-order valence-electron chi connectivity index (χ3n) is 2.77. The van der Waals surface area contributed by atoms with Gasteiger partial charge in [0.2, 0.25) is 5.91 Å². The van der Waals surface area contributed by atoms with Crippen LogP contribution in [0, 0.1) is 0 Å². The van der Waals surface area contributed by atoms with Crippen molar-refractivity contribution in [2.24, 2.45) is 0 Å². The maximum Gasteiger partial charge on any atom is 0.224 e. The van der Waals surface area contributed by atoms with Gasteiger partial charge in [-0.25, -0.2) is 0 Å². The molecule has 20 heavy (non-hydrogen) atoms. The molecule has 0 spiro atoms. The van der Waals surface area contributed by atoms with Crippen molar-refractivity contribution in [1.82, 2.24) is 5.32 Å². The minimum absolute atomic E-state index is 0.0758. The number of benzene rings is 1. The number of hydrogen-bond donors (Lipinski definition) is 2. The van der Waals surface area contributed by atoms with E-state index in [1.165, 1.54) is 0 Å². The van der Waals surface area contributed by atoms with Crippen LogP contribution in [-0.2, 0) is 11.2 Å². The van der Waals surface area contributed by atoms with Crippen LogP contribution in [0.5, 0.6) is 0 Å². The predicted octanol–water partition coefficient (Wildman–Crippen LogP) is 3.45. The Balaban J connectivity index is 1.92. The number of hydrogen-bond acceptors (Lipinski definition) is 3. The molecule has 1 aromatic carbocycles. The summed E-state index contributed by atoms with van der Waals surface area (Å²) in [6.45, 7) is 0.0758. The largest absolute Gasteiger partial charge is 0.386 e. The number of carbonyl (C=O) groups excluding carboxylic acids is 1. The van der Waals surface area contributed by atoms with E-state index >= 15 is 0 Å². The molecule has 106 valence electrons. The van der Waals surface area contributed by atoms with Crippen molar-refractivity contribution < 1.29 is 9.90 Å². The fourth-order valence-corrected chi connectivity index (χ4v) is 3.10. The molecule has 0 saturated heterocycles. The zero-order valence-electron chi connectivity index (χ0n) is 10.5. The third-order valence-corrected chi connectivity index (χ3v) is 4.16. The number of rotatable bonds is 5. The number of carbonyl (C=O) groups is 1. The van der Waals surface area contributed by atoms with E-state index in [1.807, 2.05) is 16.8 Å². The SMILES string of the molecule is O=C(Cc1ccsc1)NC[C@@H](O)c1c(Cl)cccc1Cl. The Kier molecular flexibility index (Phi) is 5.43. The van der Waals surface area contributed by atoms with Crippen LogP contribution >= 0.6 is 34.5 Å². The number of amides is 1. The molecule has 0 unspecified atom stereocenters. The molecule has 3 nitrogen and oxygen atoms in total. The van der Waals surface area contributed by atoms with Crippen molar-refractivity contribution in [2.75, 3.05) is 6.54 Å². The van der Waals surface area contributed by atoms with E-state index in [2.05, 4.69) is 5.32 Å². The Hall–Kier alpha value is -1.07. The number of nitrogens with one attached hydrogen (secondary N) is 1. The summed E-state index contributed by atoms with van der Waals surface area (Å²) in [4.78, 5) is 11.7. The smallest absolute Gasteiger partial charge is 0.224 e. The summed E-state index contributed by atoms with van der Waals surface area (Å²) in [5, 5.41) is 17.4. The van der Waals surface area contributed by atoms with E-state index < -0.39 is 6.10 Å². The van der Waals surface area contributed by atoms with E-state index in [-0.39, 0.29) is 12.5 Å². The highest BCUT2D eigenvalue weighted by Crippen LogP contribution is 2.29. The van der Waals surface area contributed by atoms with Crippen LogP contribution in [0.1, 0.15) is 17.2 Å². The van der Waals surface area contributed by atoms with Gasteiger partial charge in [-0.05, 0) is 34.5 Å². The summed E-state index contributed by atoms with van der Waals surface area (Å²) in [5.41, 5.74) is 1.39. The maximum atomic E-state index is 11.7. The van der Waals surface area contributed by atoms with Crippen molar-refractivity contribution in [3.8, 4) is 0 Å². The fraction of sp³-hybridized carbons (Fsp3) is 0.214. The molecule has 0 saturated carbocycles.